The van der Waals surface area contributed by atoms with E-state index in [9.17, 15) is 20.1 Å². The Balaban J connectivity index is 2.32. The molecule has 4 nitrogen and oxygen atoms in total. The molecule has 0 heterocycles. The minimum absolute atomic E-state index is 0.105. The lowest BCUT2D eigenvalue weighted by atomic mass is 9.97. The first kappa shape index (κ1) is 14.8. The molecule has 2 aromatic carbocycles. The van der Waals surface area contributed by atoms with E-state index in [1.807, 2.05) is 0 Å². The van der Waals surface area contributed by atoms with Gasteiger partial charge in [0.1, 0.15) is 11.9 Å². The minimum Gasteiger partial charge on any atom is -0.507 e. The molecule has 0 spiro atoms. The van der Waals surface area contributed by atoms with E-state index in [1.54, 1.807) is 30.3 Å². The van der Waals surface area contributed by atoms with E-state index in [1.165, 1.54) is 13.0 Å². The summed E-state index contributed by atoms with van der Waals surface area (Å²) in [5.74, 6) is 0.260. The molecule has 0 aliphatic heterocycles. The summed E-state index contributed by atoms with van der Waals surface area (Å²) in [5, 5.41) is 31.2. The largest absolute Gasteiger partial charge is 0.507 e. The number of thioether (sulfide) groups is 1. The topological polar surface area (TPSA) is 77.8 Å². The average Bonchev–Trinajstić information content (AvgIpc) is 2.44. The van der Waals surface area contributed by atoms with Crippen molar-refractivity contribution in [1.82, 2.24) is 0 Å². The number of hydrogen-bond donors (Lipinski definition) is 3. The molecule has 0 amide bonds. The third-order valence-corrected chi connectivity index (χ3v) is 3.99. The van der Waals surface area contributed by atoms with E-state index in [0.717, 1.165) is 11.8 Å². The van der Waals surface area contributed by atoms with Gasteiger partial charge in [-0.1, -0.05) is 42.1 Å². The lowest BCUT2D eigenvalue weighted by Gasteiger charge is -2.19. The zero-order chi connectivity index (χ0) is 14.7. The van der Waals surface area contributed by atoms with Gasteiger partial charge in [0.2, 0.25) is 0 Å². The molecule has 2 atom stereocenters. The predicted octanol–water partition coefficient (Wildman–Crippen LogP) is 2.22. The zero-order valence-electron chi connectivity index (χ0n) is 11.0. The molecule has 3 N–H and O–H groups in total. The number of aliphatic hydroxyl groups excluding tert-OH is 2. The van der Waals surface area contributed by atoms with E-state index >= 15 is 0 Å². The summed E-state index contributed by atoms with van der Waals surface area (Å²) in [7, 11) is 0. The predicted molar refractivity (Wildman–Crippen MR) is 79.7 cm³/mol. The standard InChI is InChI=1S/C15H16O4S/c1-9(16)20-8-14(18)15(19)12-6-7-13(17)11-5-3-2-4-10(11)12/h2-7,14-15,17-19H,8H2,1H3. The second kappa shape index (κ2) is 6.26. The van der Waals surface area contributed by atoms with Crippen LogP contribution in [0.15, 0.2) is 36.4 Å². The maximum absolute atomic E-state index is 10.9. The van der Waals surface area contributed by atoms with Crippen molar-refractivity contribution in [2.45, 2.75) is 19.1 Å². The quantitative estimate of drug-likeness (QED) is 0.805. The molecule has 0 saturated carbocycles. The van der Waals surface area contributed by atoms with Gasteiger partial charge in [0.25, 0.3) is 0 Å². The van der Waals surface area contributed by atoms with Crippen LogP contribution >= 0.6 is 11.8 Å². The number of benzene rings is 2. The molecule has 106 valence electrons. The molecule has 0 saturated heterocycles. The lowest BCUT2D eigenvalue weighted by molar-refractivity contribution is -0.109. The Labute approximate surface area is 121 Å². The molecule has 0 bridgehead atoms. The molecule has 2 unspecified atom stereocenters. The number of aromatic hydroxyl groups is 1. The van der Waals surface area contributed by atoms with Crippen molar-refractivity contribution < 1.29 is 20.1 Å². The number of phenols is 1. The van der Waals surface area contributed by atoms with Crippen molar-refractivity contribution in [3.05, 3.63) is 42.0 Å². The second-order valence-corrected chi connectivity index (χ2v) is 5.73. The molecule has 5 heteroatoms. The van der Waals surface area contributed by atoms with Crippen LogP contribution in [0.1, 0.15) is 18.6 Å². The molecular formula is C15H16O4S. The Kier molecular flexibility index (Phi) is 4.65. The fourth-order valence-corrected chi connectivity index (χ4v) is 2.65. The SMILES string of the molecule is CC(=O)SCC(O)C(O)c1ccc(O)c2ccccc12. The third-order valence-electron chi connectivity index (χ3n) is 3.08. The van der Waals surface area contributed by atoms with Crippen molar-refractivity contribution in [3.8, 4) is 5.75 Å². The van der Waals surface area contributed by atoms with Crippen LogP contribution < -0.4 is 0 Å². The van der Waals surface area contributed by atoms with Crippen LogP contribution in [0.2, 0.25) is 0 Å². The minimum atomic E-state index is -1.10. The maximum Gasteiger partial charge on any atom is 0.185 e. The molecule has 0 aliphatic rings. The number of carbonyl (C=O) groups is 1. The van der Waals surface area contributed by atoms with Gasteiger partial charge in [0.15, 0.2) is 5.12 Å². The highest BCUT2D eigenvalue weighted by Gasteiger charge is 2.21. The number of aliphatic hydroxyl groups is 2. The Morgan fingerprint density at radius 3 is 2.45 bits per heavy atom. The normalized spacial score (nSPS) is 14.2. The highest BCUT2D eigenvalue weighted by molar-refractivity contribution is 8.13. The monoisotopic (exact) mass is 292 g/mol. The van der Waals surface area contributed by atoms with E-state index in [0.29, 0.717) is 16.3 Å². The number of rotatable bonds is 4. The first-order valence-corrected chi connectivity index (χ1v) is 7.19. The molecule has 2 rings (SSSR count). The number of carbonyl (C=O) groups excluding carboxylic acids is 1. The van der Waals surface area contributed by atoms with Crippen LogP contribution in [0.4, 0.5) is 0 Å². The molecule has 0 aromatic heterocycles. The van der Waals surface area contributed by atoms with E-state index in [2.05, 4.69) is 0 Å². The van der Waals surface area contributed by atoms with Crippen molar-refractivity contribution in [1.29, 1.82) is 0 Å². The van der Waals surface area contributed by atoms with Gasteiger partial charge in [0, 0.05) is 18.1 Å². The van der Waals surface area contributed by atoms with Gasteiger partial charge in [-0.2, -0.15) is 0 Å². The summed E-state index contributed by atoms with van der Waals surface area (Å²) in [5.41, 5.74) is 0.537. The molecule has 0 fully saturated rings. The first-order valence-electron chi connectivity index (χ1n) is 6.21. The molecule has 0 aliphatic carbocycles. The fourth-order valence-electron chi connectivity index (χ4n) is 2.07. The van der Waals surface area contributed by atoms with Crippen LogP contribution in [0.5, 0.6) is 5.75 Å². The number of fused-ring (bicyclic) bond motifs is 1. The fraction of sp³-hybridized carbons (Fsp3) is 0.267. The molecule has 20 heavy (non-hydrogen) atoms. The Morgan fingerprint density at radius 1 is 1.15 bits per heavy atom. The third kappa shape index (κ3) is 3.12. The van der Waals surface area contributed by atoms with E-state index in [4.69, 9.17) is 0 Å². The Bertz CT molecular complexity index is 626. The van der Waals surface area contributed by atoms with E-state index in [-0.39, 0.29) is 16.6 Å². The maximum atomic E-state index is 10.9. The van der Waals surface area contributed by atoms with Crippen LogP contribution in [0, 0.1) is 0 Å². The van der Waals surface area contributed by atoms with Crippen LogP contribution in [0.3, 0.4) is 0 Å². The highest BCUT2D eigenvalue weighted by Crippen LogP contribution is 2.32. The smallest absolute Gasteiger partial charge is 0.185 e. The summed E-state index contributed by atoms with van der Waals surface area (Å²) in [4.78, 5) is 10.9. The van der Waals surface area contributed by atoms with Gasteiger partial charge in [0.05, 0.1) is 6.10 Å². The lowest BCUT2D eigenvalue weighted by Crippen LogP contribution is -2.21. The summed E-state index contributed by atoms with van der Waals surface area (Å²) >= 11 is 0.973. The van der Waals surface area contributed by atoms with E-state index < -0.39 is 12.2 Å². The van der Waals surface area contributed by atoms with Gasteiger partial charge in [-0.15, -0.1) is 0 Å². The molecule has 2 aromatic rings. The van der Waals surface area contributed by atoms with Gasteiger partial charge in [-0.05, 0) is 17.0 Å². The van der Waals surface area contributed by atoms with Crippen molar-refractivity contribution >= 4 is 27.6 Å². The van der Waals surface area contributed by atoms with Crippen molar-refractivity contribution in [2.24, 2.45) is 0 Å². The van der Waals surface area contributed by atoms with Crippen molar-refractivity contribution in [3.63, 3.8) is 0 Å². The average molecular weight is 292 g/mol. The van der Waals surface area contributed by atoms with Crippen LogP contribution in [0.25, 0.3) is 10.8 Å². The summed E-state index contributed by atoms with van der Waals surface area (Å²) in [6, 6.07) is 10.2. The van der Waals surface area contributed by atoms with Gasteiger partial charge in [-0.3, -0.25) is 4.79 Å². The van der Waals surface area contributed by atoms with Gasteiger partial charge in [-0.25, -0.2) is 0 Å². The van der Waals surface area contributed by atoms with Crippen LogP contribution in [-0.2, 0) is 4.79 Å². The summed E-state index contributed by atoms with van der Waals surface area (Å²) in [6.45, 7) is 1.42. The molecular weight excluding hydrogens is 276 g/mol. The Hall–Kier alpha value is -1.56. The van der Waals surface area contributed by atoms with Gasteiger partial charge >= 0.3 is 0 Å². The van der Waals surface area contributed by atoms with Crippen LogP contribution in [-0.4, -0.2) is 32.3 Å². The Morgan fingerprint density at radius 2 is 1.80 bits per heavy atom. The van der Waals surface area contributed by atoms with Crippen molar-refractivity contribution in [2.75, 3.05) is 5.75 Å². The molecule has 0 radical (unpaired) electrons. The first-order chi connectivity index (χ1) is 9.50. The van der Waals surface area contributed by atoms with Gasteiger partial charge < -0.3 is 15.3 Å². The zero-order valence-corrected chi connectivity index (χ0v) is 11.8. The summed E-state index contributed by atoms with van der Waals surface area (Å²) in [6.07, 6.45) is -2.15. The summed E-state index contributed by atoms with van der Waals surface area (Å²) < 4.78 is 0. The number of phenolic OH excluding ortho intramolecular Hbond substituents is 1. The second-order valence-electron chi connectivity index (χ2n) is 4.53. The number of hydrogen-bond acceptors (Lipinski definition) is 5. The highest BCUT2D eigenvalue weighted by atomic mass is 32.2.